The van der Waals surface area contributed by atoms with Gasteiger partial charge < -0.3 is 10.2 Å². The molecule has 4 rings (SSSR count). The van der Waals surface area contributed by atoms with E-state index in [9.17, 15) is 31.2 Å². The van der Waals surface area contributed by atoms with Crippen LogP contribution in [0.1, 0.15) is 36.1 Å². The highest BCUT2D eigenvalue weighted by atomic mass is 79.9. The molecule has 0 unspecified atom stereocenters. The van der Waals surface area contributed by atoms with Gasteiger partial charge in [-0.15, -0.1) is 0 Å². The van der Waals surface area contributed by atoms with Gasteiger partial charge in [-0.05, 0) is 66.4 Å². The highest BCUT2D eigenvalue weighted by Crippen LogP contribution is 2.33. The Labute approximate surface area is 287 Å². The quantitative estimate of drug-likeness (QED) is 0.155. The van der Waals surface area contributed by atoms with Gasteiger partial charge in [0.2, 0.25) is 11.8 Å². The van der Waals surface area contributed by atoms with E-state index in [2.05, 4.69) is 21.2 Å². The van der Waals surface area contributed by atoms with E-state index in [1.807, 2.05) is 44.2 Å². The Morgan fingerprint density at radius 2 is 1.50 bits per heavy atom. The molecule has 0 saturated carbocycles. The lowest BCUT2D eigenvalue weighted by Crippen LogP contribution is -2.53. The second kappa shape index (κ2) is 15.8. The summed E-state index contributed by atoms with van der Waals surface area (Å²) in [6.45, 7) is 5.02. The third-order valence-corrected chi connectivity index (χ3v) is 9.83. The molecule has 0 aliphatic heterocycles. The van der Waals surface area contributed by atoms with E-state index >= 15 is 0 Å². The van der Waals surface area contributed by atoms with E-state index in [1.165, 1.54) is 23.1 Å². The maximum Gasteiger partial charge on any atom is 0.416 e. The SMILES string of the molecule is Cc1ccc(S(=O)(=O)N(CC(=O)N(Cc2cccc(Br)c2)[C@@H](Cc2ccccc2)C(=O)NCC(C)C)c2cccc(C(F)(F)F)c2)cc1. The van der Waals surface area contributed by atoms with E-state index in [1.54, 1.807) is 43.3 Å². The predicted molar refractivity (Wildman–Crippen MR) is 184 cm³/mol. The topological polar surface area (TPSA) is 86.8 Å². The lowest BCUT2D eigenvalue weighted by atomic mass is 10.0. The molecule has 0 spiro atoms. The summed E-state index contributed by atoms with van der Waals surface area (Å²) < 4.78 is 71.1. The molecule has 0 fully saturated rings. The molecule has 0 aliphatic carbocycles. The summed E-state index contributed by atoms with van der Waals surface area (Å²) in [4.78, 5) is 29.5. The second-order valence-electron chi connectivity index (χ2n) is 11.9. The molecule has 48 heavy (non-hydrogen) atoms. The summed E-state index contributed by atoms with van der Waals surface area (Å²) >= 11 is 3.44. The van der Waals surface area contributed by atoms with Crippen LogP contribution in [0, 0.1) is 12.8 Å². The number of rotatable bonds is 13. The van der Waals surface area contributed by atoms with Crippen molar-refractivity contribution in [1.29, 1.82) is 0 Å². The van der Waals surface area contributed by atoms with Gasteiger partial charge in [0.05, 0.1) is 16.1 Å². The first-order valence-corrected chi connectivity index (χ1v) is 17.5. The smallest absolute Gasteiger partial charge is 0.354 e. The lowest BCUT2D eigenvalue weighted by Gasteiger charge is -2.34. The number of hydrogen-bond acceptors (Lipinski definition) is 4. The molecule has 12 heteroatoms. The molecule has 0 radical (unpaired) electrons. The number of nitrogens with zero attached hydrogens (tertiary/aromatic N) is 2. The van der Waals surface area contributed by atoms with Crippen molar-refractivity contribution in [3.05, 3.63) is 130 Å². The minimum absolute atomic E-state index is 0.0775. The van der Waals surface area contributed by atoms with Gasteiger partial charge in [-0.2, -0.15) is 13.2 Å². The first-order chi connectivity index (χ1) is 22.6. The summed E-state index contributed by atoms with van der Waals surface area (Å²) in [6, 6.07) is 24.8. The Morgan fingerprint density at radius 3 is 2.12 bits per heavy atom. The summed E-state index contributed by atoms with van der Waals surface area (Å²) in [5, 5.41) is 2.91. The molecule has 0 bridgehead atoms. The summed E-state index contributed by atoms with van der Waals surface area (Å²) in [6.07, 6.45) is -4.65. The number of sulfonamides is 1. The van der Waals surface area contributed by atoms with Gasteiger partial charge in [0.25, 0.3) is 10.0 Å². The Hall–Kier alpha value is -4.16. The molecule has 1 N–H and O–H groups in total. The van der Waals surface area contributed by atoms with E-state index in [0.717, 1.165) is 27.7 Å². The van der Waals surface area contributed by atoms with Gasteiger partial charge in [-0.1, -0.05) is 96.0 Å². The van der Waals surface area contributed by atoms with Crippen LogP contribution >= 0.6 is 15.9 Å². The molecular weight excluding hydrogens is 707 g/mol. The Balaban J connectivity index is 1.84. The minimum Gasteiger partial charge on any atom is -0.354 e. The van der Waals surface area contributed by atoms with Crippen molar-refractivity contribution in [2.24, 2.45) is 5.92 Å². The largest absolute Gasteiger partial charge is 0.416 e. The average molecular weight is 745 g/mol. The monoisotopic (exact) mass is 743 g/mol. The van der Waals surface area contributed by atoms with E-state index < -0.39 is 46.2 Å². The van der Waals surface area contributed by atoms with Gasteiger partial charge >= 0.3 is 6.18 Å². The average Bonchev–Trinajstić information content (AvgIpc) is 3.04. The summed E-state index contributed by atoms with van der Waals surface area (Å²) in [7, 11) is -4.56. The molecular formula is C36H37BrF3N3O4S. The number of aryl methyl sites for hydroxylation is 1. The summed E-state index contributed by atoms with van der Waals surface area (Å²) in [5.41, 5.74) is 0.769. The highest BCUT2D eigenvalue weighted by molar-refractivity contribution is 9.10. The van der Waals surface area contributed by atoms with Gasteiger partial charge in [-0.3, -0.25) is 13.9 Å². The second-order valence-corrected chi connectivity index (χ2v) is 14.6. The number of carbonyl (C=O) groups is 2. The molecule has 4 aromatic rings. The third kappa shape index (κ3) is 9.70. The fourth-order valence-corrected chi connectivity index (χ4v) is 6.86. The number of benzene rings is 4. The van der Waals surface area contributed by atoms with Crippen LogP contribution in [0.15, 0.2) is 112 Å². The van der Waals surface area contributed by atoms with Crippen LogP contribution in [0.4, 0.5) is 18.9 Å². The first kappa shape index (κ1) is 36.7. The molecule has 254 valence electrons. The predicted octanol–water partition coefficient (Wildman–Crippen LogP) is 7.38. The Kier molecular flexibility index (Phi) is 12.1. The van der Waals surface area contributed by atoms with Crippen molar-refractivity contribution in [3.63, 3.8) is 0 Å². The molecule has 0 saturated heterocycles. The van der Waals surface area contributed by atoms with E-state index in [-0.39, 0.29) is 29.5 Å². The number of carbonyl (C=O) groups excluding carboxylic acids is 2. The van der Waals surface area contributed by atoms with Crippen LogP contribution in [0.2, 0.25) is 0 Å². The van der Waals surface area contributed by atoms with Crippen molar-refractivity contribution in [2.75, 3.05) is 17.4 Å². The van der Waals surface area contributed by atoms with Crippen LogP contribution in [0.5, 0.6) is 0 Å². The third-order valence-electron chi connectivity index (χ3n) is 7.55. The van der Waals surface area contributed by atoms with Crippen molar-refractivity contribution < 1.29 is 31.2 Å². The van der Waals surface area contributed by atoms with Gasteiger partial charge in [0, 0.05) is 24.0 Å². The zero-order chi connectivity index (χ0) is 35.1. The maximum absolute atomic E-state index is 14.5. The Morgan fingerprint density at radius 1 is 0.854 bits per heavy atom. The molecule has 2 amide bonds. The molecule has 0 heterocycles. The van der Waals surface area contributed by atoms with Crippen molar-refractivity contribution in [2.45, 2.75) is 50.9 Å². The van der Waals surface area contributed by atoms with Crippen LogP contribution in [-0.4, -0.2) is 44.3 Å². The first-order valence-electron chi connectivity index (χ1n) is 15.3. The van der Waals surface area contributed by atoms with Gasteiger partial charge in [-0.25, -0.2) is 8.42 Å². The van der Waals surface area contributed by atoms with Crippen molar-refractivity contribution in [3.8, 4) is 0 Å². The van der Waals surface area contributed by atoms with Crippen LogP contribution in [0.25, 0.3) is 0 Å². The van der Waals surface area contributed by atoms with Gasteiger partial charge in [0.1, 0.15) is 12.6 Å². The molecule has 4 aromatic carbocycles. The van der Waals surface area contributed by atoms with Crippen molar-refractivity contribution in [1.82, 2.24) is 10.2 Å². The number of alkyl halides is 3. The fraction of sp³-hybridized carbons (Fsp3) is 0.278. The van der Waals surface area contributed by atoms with Gasteiger partial charge in [0.15, 0.2) is 0 Å². The van der Waals surface area contributed by atoms with Crippen molar-refractivity contribution >= 4 is 43.5 Å². The number of halogens is 4. The Bertz CT molecular complexity index is 1820. The van der Waals surface area contributed by atoms with E-state index in [4.69, 9.17) is 0 Å². The molecule has 0 aromatic heterocycles. The molecule has 1 atom stereocenters. The number of nitrogens with one attached hydrogen (secondary N) is 1. The zero-order valence-corrected chi connectivity index (χ0v) is 29.1. The highest BCUT2D eigenvalue weighted by Gasteiger charge is 2.36. The minimum atomic E-state index is -4.76. The number of amides is 2. The normalized spacial score (nSPS) is 12.4. The molecule has 0 aliphatic rings. The van der Waals surface area contributed by atoms with Crippen LogP contribution < -0.4 is 9.62 Å². The number of anilines is 1. The van der Waals surface area contributed by atoms with Crippen LogP contribution in [0.3, 0.4) is 0 Å². The standard InChI is InChI=1S/C36H37BrF3N3O4S/c1-25(2)22-41-35(45)33(20-27-9-5-4-6-10-27)42(23-28-11-7-13-30(37)19-28)34(44)24-43(31-14-8-12-29(21-31)36(38,39)40)48(46,47)32-17-15-26(3)16-18-32/h4-19,21,25,33H,20,22-24H2,1-3H3,(H,41,45)/t33-/m0/s1. The summed E-state index contributed by atoms with van der Waals surface area (Å²) in [5.74, 6) is -1.11. The molecule has 7 nitrogen and oxygen atoms in total. The fourth-order valence-electron chi connectivity index (χ4n) is 5.01. The zero-order valence-electron chi connectivity index (χ0n) is 26.7. The van der Waals surface area contributed by atoms with Crippen LogP contribution in [-0.2, 0) is 38.8 Å². The number of hydrogen-bond donors (Lipinski definition) is 1. The van der Waals surface area contributed by atoms with E-state index in [0.29, 0.717) is 22.5 Å². The maximum atomic E-state index is 14.5. The lowest BCUT2D eigenvalue weighted by molar-refractivity contribution is -0.140.